The summed E-state index contributed by atoms with van der Waals surface area (Å²) in [5.41, 5.74) is 2.69. The summed E-state index contributed by atoms with van der Waals surface area (Å²) >= 11 is 1.77. The van der Waals surface area contributed by atoms with Gasteiger partial charge in [0.2, 0.25) is 11.9 Å². The Balaban J connectivity index is 1.20. The molecule has 182 valence electrons. The highest BCUT2D eigenvalue weighted by Crippen LogP contribution is 2.32. The van der Waals surface area contributed by atoms with Crippen LogP contribution in [0.1, 0.15) is 36.2 Å². The zero-order valence-electron chi connectivity index (χ0n) is 19.9. The molecular weight excluding hydrogens is 462 g/mol. The van der Waals surface area contributed by atoms with E-state index in [0.29, 0.717) is 32.1 Å². The van der Waals surface area contributed by atoms with Gasteiger partial charge in [-0.05, 0) is 48.2 Å². The van der Waals surface area contributed by atoms with Crippen molar-refractivity contribution in [1.82, 2.24) is 19.8 Å². The van der Waals surface area contributed by atoms with E-state index in [1.807, 2.05) is 4.90 Å². The molecule has 0 aliphatic carbocycles. The predicted molar refractivity (Wildman–Crippen MR) is 138 cm³/mol. The van der Waals surface area contributed by atoms with Gasteiger partial charge >= 0.3 is 5.97 Å². The van der Waals surface area contributed by atoms with E-state index in [4.69, 9.17) is 5.11 Å². The second kappa shape index (κ2) is 9.75. The first-order valence-electron chi connectivity index (χ1n) is 11.9. The van der Waals surface area contributed by atoms with Crippen molar-refractivity contribution in [3.8, 4) is 0 Å². The van der Waals surface area contributed by atoms with Crippen molar-refractivity contribution in [2.75, 3.05) is 37.6 Å². The van der Waals surface area contributed by atoms with Crippen LogP contribution in [0.25, 0.3) is 15.7 Å². The van der Waals surface area contributed by atoms with Gasteiger partial charge in [-0.25, -0.2) is 14.8 Å². The summed E-state index contributed by atoms with van der Waals surface area (Å²) in [6.07, 6.45) is 5.75. The van der Waals surface area contributed by atoms with Crippen molar-refractivity contribution >= 4 is 44.8 Å². The average molecular weight is 492 g/mol. The first-order valence-corrected chi connectivity index (χ1v) is 12.8. The van der Waals surface area contributed by atoms with Crippen molar-refractivity contribution in [2.24, 2.45) is 0 Å². The molecule has 1 aromatic carbocycles. The van der Waals surface area contributed by atoms with E-state index in [-0.39, 0.29) is 23.6 Å². The molecule has 1 N–H and O–H groups in total. The van der Waals surface area contributed by atoms with Crippen LogP contribution in [0, 0.1) is 0 Å². The maximum Gasteiger partial charge on any atom is 0.338 e. The number of amides is 1. The summed E-state index contributed by atoms with van der Waals surface area (Å²) in [7, 11) is 0. The Bertz CT molecular complexity index is 1260. The van der Waals surface area contributed by atoms with Gasteiger partial charge in [0.15, 0.2) is 0 Å². The second-order valence-corrected chi connectivity index (χ2v) is 10.2. The number of aromatic nitrogens is 2. The minimum atomic E-state index is -1.04. The van der Waals surface area contributed by atoms with Crippen molar-refractivity contribution < 1.29 is 14.7 Å². The summed E-state index contributed by atoms with van der Waals surface area (Å²) in [6.45, 7) is 7.34. The number of piperazine rings is 1. The highest BCUT2D eigenvalue weighted by Gasteiger charge is 2.33. The van der Waals surface area contributed by atoms with E-state index in [9.17, 15) is 9.59 Å². The zero-order chi connectivity index (χ0) is 24.5. The molecule has 1 amide bonds. The van der Waals surface area contributed by atoms with Crippen molar-refractivity contribution in [3.05, 3.63) is 59.2 Å². The average Bonchev–Trinajstić information content (AvgIpc) is 3.35. The van der Waals surface area contributed by atoms with Gasteiger partial charge < -0.3 is 14.9 Å². The second-order valence-electron chi connectivity index (χ2n) is 9.32. The van der Waals surface area contributed by atoms with Gasteiger partial charge in [-0.2, -0.15) is 0 Å². The SMILES string of the molecule is C[C@@H]1CN(c2ncc(C(=O)O)cn2)C[C@H](C)N1CC(=O)N1CC=C(c2cccc3ccsc23)CC1. The topological polar surface area (TPSA) is 89.9 Å². The number of nitrogens with zero attached hydrogens (tertiary/aromatic N) is 5. The molecule has 0 spiro atoms. The molecule has 5 rings (SSSR count). The minimum Gasteiger partial charge on any atom is -0.478 e. The summed E-state index contributed by atoms with van der Waals surface area (Å²) in [5.74, 6) is -0.358. The molecule has 1 fully saturated rings. The fraction of sp³-hybridized carbons (Fsp3) is 0.385. The molecule has 4 heterocycles. The maximum atomic E-state index is 13.2. The summed E-state index contributed by atoms with van der Waals surface area (Å²) < 4.78 is 1.32. The van der Waals surface area contributed by atoms with Crippen molar-refractivity contribution in [1.29, 1.82) is 0 Å². The van der Waals surface area contributed by atoms with Crippen LogP contribution in [-0.2, 0) is 4.79 Å². The van der Waals surface area contributed by atoms with Crippen LogP contribution in [0.3, 0.4) is 0 Å². The molecule has 0 unspecified atom stereocenters. The first kappa shape index (κ1) is 23.4. The lowest BCUT2D eigenvalue weighted by atomic mass is 9.98. The Labute approximate surface area is 208 Å². The van der Waals surface area contributed by atoms with Crippen LogP contribution in [0.4, 0.5) is 5.95 Å². The molecule has 8 nitrogen and oxygen atoms in total. The van der Waals surface area contributed by atoms with Gasteiger partial charge in [-0.3, -0.25) is 9.69 Å². The van der Waals surface area contributed by atoms with Gasteiger partial charge in [0.05, 0.1) is 12.1 Å². The predicted octanol–water partition coefficient (Wildman–Crippen LogP) is 3.60. The van der Waals surface area contributed by atoms with E-state index in [2.05, 4.69) is 69.3 Å². The summed E-state index contributed by atoms with van der Waals surface area (Å²) in [5, 5.41) is 12.5. The normalized spacial score (nSPS) is 21.3. The molecule has 35 heavy (non-hydrogen) atoms. The Morgan fingerprint density at radius 2 is 1.86 bits per heavy atom. The molecule has 1 saturated heterocycles. The van der Waals surface area contributed by atoms with Gasteiger partial charge in [-0.15, -0.1) is 11.3 Å². The van der Waals surface area contributed by atoms with Crippen LogP contribution in [0.15, 0.2) is 48.1 Å². The quantitative estimate of drug-likeness (QED) is 0.583. The van der Waals surface area contributed by atoms with Gasteiger partial charge in [0.1, 0.15) is 0 Å². The van der Waals surface area contributed by atoms with Crippen molar-refractivity contribution in [2.45, 2.75) is 32.4 Å². The summed E-state index contributed by atoms with van der Waals surface area (Å²) in [4.78, 5) is 39.0. The van der Waals surface area contributed by atoms with E-state index >= 15 is 0 Å². The molecule has 0 saturated carbocycles. The third-order valence-electron chi connectivity index (χ3n) is 6.97. The van der Waals surface area contributed by atoms with E-state index < -0.39 is 5.97 Å². The highest BCUT2D eigenvalue weighted by atomic mass is 32.1. The number of carbonyl (C=O) groups is 2. The lowest BCUT2D eigenvalue weighted by molar-refractivity contribution is -0.133. The summed E-state index contributed by atoms with van der Waals surface area (Å²) in [6, 6.07) is 8.87. The number of rotatable bonds is 5. The number of thiophene rings is 1. The molecule has 2 aliphatic rings. The number of hydrogen-bond donors (Lipinski definition) is 1. The van der Waals surface area contributed by atoms with Gasteiger partial charge in [-0.1, -0.05) is 24.3 Å². The van der Waals surface area contributed by atoms with Crippen LogP contribution < -0.4 is 4.90 Å². The first-order chi connectivity index (χ1) is 16.9. The number of carboxylic acids is 1. The molecule has 2 aliphatic heterocycles. The fourth-order valence-electron chi connectivity index (χ4n) is 5.07. The maximum absolute atomic E-state index is 13.2. The third-order valence-corrected chi connectivity index (χ3v) is 7.94. The number of carbonyl (C=O) groups excluding carboxylic acids is 1. The monoisotopic (exact) mass is 491 g/mol. The van der Waals surface area contributed by atoms with Crippen LogP contribution in [0.5, 0.6) is 0 Å². The lowest BCUT2D eigenvalue weighted by Crippen LogP contribution is -2.59. The molecular formula is C26H29N5O3S. The Kier molecular flexibility index (Phi) is 6.53. The number of benzene rings is 1. The Morgan fingerprint density at radius 1 is 1.11 bits per heavy atom. The third kappa shape index (κ3) is 4.78. The van der Waals surface area contributed by atoms with Gasteiger partial charge in [0.25, 0.3) is 0 Å². The smallest absolute Gasteiger partial charge is 0.338 e. The lowest BCUT2D eigenvalue weighted by Gasteiger charge is -2.44. The van der Waals surface area contributed by atoms with Crippen LogP contribution >= 0.6 is 11.3 Å². The Hall–Kier alpha value is -3.30. The molecule has 2 atom stereocenters. The highest BCUT2D eigenvalue weighted by molar-refractivity contribution is 7.17. The standard InChI is InChI=1S/C26H29N5O3S/c1-17-14-30(26-27-12-21(13-28-26)25(33)34)15-18(2)31(17)16-23(32)29-9-6-19(7-10-29)22-5-3-4-20-8-11-35-24(20)22/h3-6,8,11-13,17-18H,7,9-10,14-16H2,1-2H3,(H,33,34)/t17-,18+. The number of anilines is 1. The Morgan fingerprint density at radius 3 is 2.51 bits per heavy atom. The molecule has 0 radical (unpaired) electrons. The van der Waals surface area contributed by atoms with E-state index in [0.717, 1.165) is 13.0 Å². The van der Waals surface area contributed by atoms with E-state index in [1.54, 1.807) is 11.3 Å². The van der Waals surface area contributed by atoms with Crippen LogP contribution in [-0.4, -0.2) is 81.6 Å². The molecule has 0 bridgehead atoms. The molecule has 2 aromatic heterocycles. The molecule has 9 heteroatoms. The zero-order valence-corrected chi connectivity index (χ0v) is 20.7. The fourth-order valence-corrected chi connectivity index (χ4v) is 6.02. The molecule has 3 aromatic rings. The van der Waals surface area contributed by atoms with E-state index in [1.165, 1.54) is 33.6 Å². The largest absolute Gasteiger partial charge is 0.478 e. The number of fused-ring (bicyclic) bond motifs is 1. The minimum absolute atomic E-state index is 0.0740. The number of aromatic carboxylic acids is 1. The van der Waals surface area contributed by atoms with Gasteiger partial charge in [0, 0.05) is 55.4 Å². The number of hydrogen-bond acceptors (Lipinski definition) is 7. The van der Waals surface area contributed by atoms with Crippen molar-refractivity contribution in [3.63, 3.8) is 0 Å². The number of carboxylic acid groups (broad SMARTS) is 1. The van der Waals surface area contributed by atoms with Crippen LogP contribution in [0.2, 0.25) is 0 Å².